The first-order valence-corrected chi connectivity index (χ1v) is 0.224. The Kier molecular flexibility index (Phi) is 151. The monoisotopic (exact) mass is 123 g/mol. The Bertz CT molecular complexity index is 14.4. The average Bonchev–Trinajstić information content (AvgIpc) is 1.00. The van der Waals surface area contributed by atoms with Gasteiger partial charge < -0.3 is 16.5 Å². The Hall–Kier alpha value is 2.69. The molecule has 0 aromatic rings. The Labute approximate surface area is 116 Å². The van der Waals surface area contributed by atoms with E-state index in [1.54, 1.807) is 0 Å². The Morgan fingerprint density at radius 1 is 1.00 bits per heavy atom. The van der Waals surface area contributed by atoms with Gasteiger partial charge in [0.25, 0.3) is 0 Å². The second kappa shape index (κ2) is 29.9. The summed E-state index contributed by atoms with van der Waals surface area (Å²) in [6.07, 6.45) is 0. The van der Waals surface area contributed by atoms with E-state index >= 15 is 0 Å². The topological polar surface area (TPSA) is 23.8 Å². The molecule has 0 amide bonds. The molecule has 18 valence electrons. The van der Waals surface area contributed by atoms with Crippen molar-refractivity contribution in [2.75, 3.05) is 0 Å². The molecule has 0 bridgehead atoms. The van der Waals surface area contributed by atoms with E-state index in [-0.39, 0.29) is 107 Å². The number of hydrogen-bond acceptors (Lipinski definition) is 1. The van der Waals surface area contributed by atoms with Crippen LogP contribution in [0.2, 0.25) is 0 Å². The smallest absolute Gasteiger partial charge is 1.00 e. The third-order valence-electron chi connectivity index (χ3n) is 0. The van der Waals surface area contributed by atoms with E-state index in [1.807, 2.05) is 0 Å². The third-order valence-corrected chi connectivity index (χ3v) is 0. The van der Waals surface area contributed by atoms with Gasteiger partial charge in [-0.15, -0.1) is 0 Å². The van der Waals surface area contributed by atoms with Crippen LogP contribution in [0.15, 0.2) is 0 Å². The minimum atomic E-state index is 0. The summed E-state index contributed by atoms with van der Waals surface area (Å²) in [7, 11) is 0. The molecule has 0 unspecified atom stereocenters. The number of hydrogen-bond donors (Lipinski definition) is 0. The van der Waals surface area contributed by atoms with E-state index in [2.05, 4.69) is 0 Å². The zero-order chi connectivity index (χ0) is 2.00. The second-order valence-corrected chi connectivity index (χ2v) is 0. The molecule has 0 saturated heterocycles. The van der Waals surface area contributed by atoms with E-state index in [0.29, 0.717) is 0 Å². The van der Waals surface area contributed by atoms with Crippen molar-refractivity contribution < 1.29 is 107 Å². The second-order valence-electron chi connectivity index (χ2n) is 0. The molecule has 0 aromatic carbocycles. The van der Waals surface area contributed by atoms with Crippen LogP contribution in [0.3, 0.4) is 0 Å². The van der Waals surface area contributed by atoms with Gasteiger partial charge >= 0.3 is 103 Å². The van der Waals surface area contributed by atoms with Crippen LogP contribution in [0.5, 0.6) is 0 Å². The SMILES string of the molecule is [C-]#N.[F-].[K+].[K+]. The van der Waals surface area contributed by atoms with Gasteiger partial charge in [-0.1, -0.05) is 0 Å². The number of halogens is 1. The van der Waals surface area contributed by atoms with Gasteiger partial charge in [-0.2, -0.15) is 0 Å². The zero-order valence-electron chi connectivity index (χ0n) is 3.33. The predicted octanol–water partition coefficient (Wildman–Crippen LogP) is -8.89. The van der Waals surface area contributed by atoms with Gasteiger partial charge in [-0.3, -0.25) is 0 Å². The van der Waals surface area contributed by atoms with Gasteiger partial charge in [0.1, 0.15) is 0 Å². The van der Waals surface area contributed by atoms with Crippen LogP contribution in [-0.2, 0) is 0 Å². The predicted molar refractivity (Wildman–Crippen MR) is 4.97 cm³/mol. The Morgan fingerprint density at radius 2 is 1.00 bits per heavy atom. The third kappa shape index (κ3) is 20.3. The molecule has 0 spiro atoms. The van der Waals surface area contributed by atoms with Crippen molar-refractivity contribution in [3.05, 3.63) is 6.57 Å². The van der Waals surface area contributed by atoms with Crippen molar-refractivity contribution in [2.45, 2.75) is 0 Å². The summed E-state index contributed by atoms with van der Waals surface area (Å²) in [5.74, 6) is 0. The zero-order valence-corrected chi connectivity index (χ0v) is 9.57. The normalized spacial score (nSPS) is 0.400. The van der Waals surface area contributed by atoms with Crippen molar-refractivity contribution in [2.24, 2.45) is 0 Å². The molecule has 0 N–H and O–H groups in total. The maximum atomic E-state index is 6.25. The fourth-order valence-electron chi connectivity index (χ4n) is 0. The van der Waals surface area contributed by atoms with Crippen LogP contribution < -0.4 is 107 Å². The molecule has 0 heterocycles. The summed E-state index contributed by atoms with van der Waals surface area (Å²) in [6.45, 7) is 4.75. The van der Waals surface area contributed by atoms with Crippen LogP contribution in [0.1, 0.15) is 0 Å². The first kappa shape index (κ1) is 25.3. The molecule has 1 nitrogen and oxygen atoms in total. The van der Waals surface area contributed by atoms with Crippen molar-refractivity contribution in [3.63, 3.8) is 0 Å². The molecule has 0 aliphatic carbocycles. The van der Waals surface area contributed by atoms with Crippen LogP contribution in [0.4, 0.5) is 0 Å². The van der Waals surface area contributed by atoms with E-state index in [1.165, 1.54) is 0 Å². The molecule has 0 saturated carbocycles. The average molecular weight is 123 g/mol. The quantitative estimate of drug-likeness (QED) is 0.232. The first-order chi connectivity index (χ1) is 1.00. The standard InChI is InChI=1S/CN.FH.2K/c1-2;;;/h;1H;;/q-1;;2*+1/p-1. The first-order valence-electron chi connectivity index (χ1n) is 0.224. The Balaban J connectivity index is -0.00000000167. The van der Waals surface area contributed by atoms with E-state index in [9.17, 15) is 0 Å². The van der Waals surface area contributed by atoms with Crippen molar-refractivity contribution in [1.29, 1.82) is 5.26 Å². The molecule has 0 fully saturated rings. The van der Waals surface area contributed by atoms with Crippen molar-refractivity contribution >= 4 is 0 Å². The van der Waals surface area contributed by atoms with Crippen LogP contribution >= 0.6 is 0 Å². The van der Waals surface area contributed by atoms with E-state index < -0.39 is 0 Å². The summed E-state index contributed by atoms with van der Waals surface area (Å²) in [5.41, 5.74) is 0. The molecule has 0 radical (unpaired) electrons. The molecule has 0 rings (SSSR count). The van der Waals surface area contributed by atoms with Crippen LogP contribution in [0.25, 0.3) is 0 Å². The van der Waals surface area contributed by atoms with Crippen LogP contribution in [0, 0.1) is 11.8 Å². The molecular weight excluding hydrogens is 123 g/mol. The molecule has 0 aromatic heterocycles. The number of nitrogens with zero attached hydrogens (tertiary/aromatic N) is 1. The summed E-state index contributed by atoms with van der Waals surface area (Å²) in [4.78, 5) is 0. The molecule has 0 aliphatic rings. The maximum absolute atomic E-state index is 6.25. The van der Waals surface area contributed by atoms with Crippen molar-refractivity contribution in [3.8, 4) is 0 Å². The minimum Gasteiger partial charge on any atom is -1.00 e. The van der Waals surface area contributed by atoms with E-state index in [4.69, 9.17) is 11.8 Å². The van der Waals surface area contributed by atoms with Gasteiger partial charge in [0.15, 0.2) is 0 Å². The van der Waals surface area contributed by atoms with Gasteiger partial charge in [-0.25, -0.2) is 0 Å². The molecule has 4 heteroatoms. The molecule has 5 heavy (non-hydrogen) atoms. The summed E-state index contributed by atoms with van der Waals surface area (Å²) < 4.78 is 0. The largest absolute Gasteiger partial charge is 1.00 e. The maximum Gasteiger partial charge on any atom is 1.00 e. The van der Waals surface area contributed by atoms with E-state index in [0.717, 1.165) is 0 Å². The Morgan fingerprint density at radius 3 is 1.00 bits per heavy atom. The molecular formula is CFK2N. The molecule has 0 aliphatic heterocycles. The minimum absolute atomic E-state index is 0. The van der Waals surface area contributed by atoms with Crippen LogP contribution in [-0.4, -0.2) is 0 Å². The summed E-state index contributed by atoms with van der Waals surface area (Å²) >= 11 is 0. The fourth-order valence-corrected chi connectivity index (χ4v) is 0. The van der Waals surface area contributed by atoms with Gasteiger partial charge in [0, 0.05) is 0 Å². The molecule has 0 atom stereocenters. The summed E-state index contributed by atoms with van der Waals surface area (Å²) in [6, 6.07) is 0. The fraction of sp³-hybridized carbons (Fsp3) is 0. The van der Waals surface area contributed by atoms with Crippen molar-refractivity contribution in [1.82, 2.24) is 0 Å². The van der Waals surface area contributed by atoms with Gasteiger partial charge in [-0.05, 0) is 0 Å². The van der Waals surface area contributed by atoms with Gasteiger partial charge in [0.2, 0.25) is 0 Å². The summed E-state index contributed by atoms with van der Waals surface area (Å²) in [5, 5.41) is 6.25. The number of rotatable bonds is 0. The van der Waals surface area contributed by atoms with Gasteiger partial charge in [0.05, 0.1) is 0 Å².